The Morgan fingerprint density at radius 3 is 2.05 bits per heavy atom. The molecule has 0 aromatic rings. The van der Waals surface area contributed by atoms with Crippen LogP contribution < -0.4 is 16.0 Å². The summed E-state index contributed by atoms with van der Waals surface area (Å²) in [4.78, 5) is 51.0. The molecule has 1 heterocycles. The van der Waals surface area contributed by atoms with E-state index in [1.54, 1.807) is 20.8 Å². The Hall–Kier alpha value is -2.62. The van der Waals surface area contributed by atoms with Crippen molar-refractivity contribution in [2.75, 3.05) is 19.6 Å². The summed E-state index contributed by atoms with van der Waals surface area (Å²) >= 11 is 0. The molecular weight excluding hydrogens is 524 g/mol. The Kier molecular flexibility index (Phi) is 21.8. The van der Waals surface area contributed by atoms with E-state index in [4.69, 9.17) is 4.74 Å². The molecule has 0 bridgehead atoms. The van der Waals surface area contributed by atoms with Crippen LogP contribution in [0.2, 0.25) is 0 Å². The van der Waals surface area contributed by atoms with Crippen molar-refractivity contribution in [2.24, 2.45) is 11.8 Å². The second-order valence-corrected chi connectivity index (χ2v) is 11.8. The Morgan fingerprint density at radius 1 is 1.05 bits per heavy atom. The number of ether oxygens (including phenoxy) is 1. The molecule has 0 spiro atoms. The van der Waals surface area contributed by atoms with E-state index in [9.17, 15) is 24.3 Å². The summed E-state index contributed by atoms with van der Waals surface area (Å²) in [5.41, 5.74) is -0.682. The van der Waals surface area contributed by atoms with Crippen LogP contribution in [0.25, 0.3) is 0 Å². The minimum Gasteiger partial charge on any atom is -0.444 e. The maximum Gasteiger partial charge on any atom is 0.408 e. The van der Waals surface area contributed by atoms with E-state index in [0.29, 0.717) is 31.7 Å². The summed E-state index contributed by atoms with van der Waals surface area (Å²) in [6.45, 7) is 23.8. The minimum atomic E-state index is -1.39. The fourth-order valence-corrected chi connectivity index (χ4v) is 3.62. The Balaban J connectivity index is 0. The molecule has 3 unspecified atom stereocenters. The first kappa shape index (κ1) is 40.5. The van der Waals surface area contributed by atoms with Gasteiger partial charge in [-0.15, -0.1) is 6.58 Å². The lowest BCUT2D eigenvalue weighted by molar-refractivity contribution is -0.139. The maximum atomic E-state index is 13.0. The molecule has 2 aliphatic rings. The molecule has 1 saturated carbocycles. The van der Waals surface area contributed by atoms with Crippen LogP contribution in [-0.4, -0.2) is 77.2 Å². The monoisotopic (exact) mass is 584 g/mol. The molecule has 1 aliphatic heterocycles. The van der Waals surface area contributed by atoms with Crippen LogP contribution in [0, 0.1) is 11.8 Å². The molecule has 240 valence electrons. The second-order valence-electron chi connectivity index (χ2n) is 11.8. The van der Waals surface area contributed by atoms with E-state index in [1.807, 2.05) is 13.8 Å². The zero-order chi connectivity index (χ0) is 32.2. The molecule has 1 saturated heterocycles. The van der Waals surface area contributed by atoms with E-state index < -0.39 is 47.6 Å². The van der Waals surface area contributed by atoms with Crippen LogP contribution in [0.15, 0.2) is 12.7 Å². The third kappa shape index (κ3) is 20.0. The number of aliphatic hydroxyl groups excluding tert-OH is 1. The van der Waals surface area contributed by atoms with E-state index in [-0.39, 0.29) is 13.1 Å². The number of rotatable bonds is 10. The fourth-order valence-electron chi connectivity index (χ4n) is 3.62. The van der Waals surface area contributed by atoms with Gasteiger partial charge in [0.25, 0.3) is 5.91 Å². The largest absolute Gasteiger partial charge is 0.444 e. The van der Waals surface area contributed by atoms with Gasteiger partial charge >= 0.3 is 6.09 Å². The van der Waals surface area contributed by atoms with Gasteiger partial charge in [0, 0.05) is 13.1 Å². The van der Waals surface area contributed by atoms with Gasteiger partial charge in [-0.2, -0.15) is 0 Å². The van der Waals surface area contributed by atoms with Crippen LogP contribution in [0.5, 0.6) is 0 Å². The van der Waals surface area contributed by atoms with Crippen molar-refractivity contribution >= 4 is 23.8 Å². The van der Waals surface area contributed by atoms with Crippen molar-refractivity contribution < 1.29 is 29.0 Å². The van der Waals surface area contributed by atoms with Gasteiger partial charge in [0.1, 0.15) is 18.2 Å². The lowest BCUT2D eigenvalue weighted by Crippen LogP contribution is -2.56. The summed E-state index contributed by atoms with van der Waals surface area (Å²) in [5.74, 6) is -0.177. The first-order valence-electron chi connectivity index (χ1n) is 15.3. The first-order chi connectivity index (χ1) is 19.2. The van der Waals surface area contributed by atoms with E-state index in [2.05, 4.69) is 57.1 Å². The zero-order valence-corrected chi connectivity index (χ0v) is 27.5. The molecule has 0 aromatic carbocycles. The van der Waals surface area contributed by atoms with Gasteiger partial charge < -0.3 is 30.7 Å². The number of nitrogens with zero attached hydrogens (tertiary/aromatic N) is 1. The number of carbonyl (C=O) groups excluding carboxylic acids is 4. The summed E-state index contributed by atoms with van der Waals surface area (Å²) in [5, 5.41) is 18.2. The SMILES string of the molecule is C=CCNC(=O)C(O)C(CC1CC1)NC(=O)C1CCCN1C(=O)CNC(=O)OC(C)(C)C.CC.CC(C)C.CCC. The van der Waals surface area contributed by atoms with Gasteiger partial charge in [-0.05, 0) is 51.9 Å². The maximum absolute atomic E-state index is 13.0. The van der Waals surface area contributed by atoms with Crippen LogP contribution in [0.1, 0.15) is 108 Å². The third-order valence-electron chi connectivity index (χ3n) is 5.34. The number of likely N-dealkylation sites (tertiary alicyclic amines) is 1. The van der Waals surface area contributed by atoms with Gasteiger partial charge in [-0.25, -0.2) is 4.79 Å². The van der Waals surface area contributed by atoms with Gasteiger partial charge in [-0.1, -0.05) is 73.8 Å². The lowest BCUT2D eigenvalue weighted by Gasteiger charge is -2.28. The van der Waals surface area contributed by atoms with Gasteiger partial charge in [0.05, 0.1) is 6.04 Å². The number of alkyl carbamates (subject to hydrolysis) is 1. The molecule has 10 nitrogen and oxygen atoms in total. The smallest absolute Gasteiger partial charge is 0.408 e. The predicted octanol–water partition coefficient (Wildman–Crippen LogP) is 4.55. The molecule has 0 radical (unpaired) electrons. The Bertz CT molecular complexity index is 774. The van der Waals surface area contributed by atoms with Crippen molar-refractivity contribution in [1.29, 1.82) is 0 Å². The number of hydrogen-bond acceptors (Lipinski definition) is 6. The average Bonchev–Trinajstić information content (AvgIpc) is 3.56. The standard InChI is InChI=1S/C22H36N4O6.C4H10.C3H8.C2H6/c1-5-10-23-20(30)18(28)15(12-14-8-9-14)25-19(29)16-7-6-11-26(16)17(27)13-24-21(31)32-22(2,3)4;1-4(2)3;1-3-2;1-2/h5,14-16,18,28H,1,6-13H2,2-4H3,(H,23,30)(H,24,31)(H,25,29);4H,1-3H3;3H2,1-2H3;1-2H3. The summed E-state index contributed by atoms with van der Waals surface area (Å²) in [6.07, 6.45) is 4.27. The quantitative estimate of drug-likeness (QED) is 0.278. The Labute approximate surface area is 249 Å². The summed E-state index contributed by atoms with van der Waals surface area (Å²) in [6, 6.07) is -1.45. The molecule has 3 atom stereocenters. The van der Waals surface area contributed by atoms with Crippen LogP contribution >= 0.6 is 0 Å². The molecule has 41 heavy (non-hydrogen) atoms. The number of hydrogen-bond donors (Lipinski definition) is 4. The van der Waals surface area contributed by atoms with Crippen molar-refractivity contribution in [3.63, 3.8) is 0 Å². The highest BCUT2D eigenvalue weighted by molar-refractivity contribution is 5.91. The normalized spacial score (nSPS) is 17.2. The van der Waals surface area contributed by atoms with Crippen molar-refractivity contribution in [1.82, 2.24) is 20.9 Å². The number of aliphatic hydroxyl groups is 1. The van der Waals surface area contributed by atoms with Crippen LogP contribution in [0.4, 0.5) is 4.79 Å². The highest BCUT2D eigenvalue weighted by atomic mass is 16.6. The van der Waals surface area contributed by atoms with Crippen LogP contribution in [0.3, 0.4) is 0 Å². The van der Waals surface area contributed by atoms with E-state index in [0.717, 1.165) is 18.8 Å². The molecule has 0 aromatic heterocycles. The summed E-state index contributed by atoms with van der Waals surface area (Å²) in [7, 11) is 0. The average molecular weight is 585 g/mol. The fraction of sp³-hybridized carbons (Fsp3) is 0.806. The third-order valence-corrected chi connectivity index (χ3v) is 5.34. The lowest BCUT2D eigenvalue weighted by atomic mass is 10.0. The van der Waals surface area contributed by atoms with Crippen LogP contribution in [-0.2, 0) is 19.1 Å². The molecule has 10 heteroatoms. The first-order valence-corrected chi connectivity index (χ1v) is 15.3. The molecule has 4 N–H and O–H groups in total. The molecule has 2 fully saturated rings. The molecular formula is C31H60N4O6. The van der Waals surface area contributed by atoms with Crippen molar-refractivity contribution in [3.8, 4) is 0 Å². The Morgan fingerprint density at radius 2 is 1.59 bits per heavy atom. The predicted molar refractivity (Wildman–Crippen MR) is 165 cm³/mol. The molecule has 2 rings (SSSR count). The molecule has 4 amide bonds. The highest BCUT2D eigenvalue weighted by Gasteiger charge is 2.38. The number of carbonyl (C=O) groups is 4. The number of amides is 4. The van der Waals surface area contributed by atoms with Gasteiger partial charge in [0.2, 0.25) is 11.8 Å². The summed E-state index contributed by atoms with van der Waals surface area (Å²) < 4.78 is 5.13. The zero-order valence-electron chi connectivity index (χ0n) is 27.5. The van der Waals surface area contributed by atoms with Crippen molar-refractivity contribution in [3.05, 3.63) is 12.7 Å². The molecule has 1 aliphatic carbocycles. The van der Waals surface area contributed by atoms with Crippen molar-refractivity contribution in [2.45, 2.75) is 132 Å². The van der Waals surface area contributed by atoms with Gasteiger partial charge in [0.15, 0.2) is 6.10 Å². The second kappa shape index (κ2) is 22.0. The minimum absolute atomic E-state index is 0.218. The van der Waals surface area contributed by atoms with E-state index in [1.165, 1.54) is 17.4 Å². The number of nitrogens with one attached hydrogen (secondary N) is 3. The van der Waals surface area contributed by atoms with Gasteiger partial charge in [-0.3, -0.25) is 14.4 Å². The highest BCUT2D eigenvalue weighted by Crippen LogP contribution is 2.34. The topological polar surface area (TPSA) is 137 Å². The van der Waals surface area contributed by atoms with E-state index >= 15 is 0 Å².